The van der Waals surface area contributed by atoms with Crippen LogP contribution in [0.2, 0.25) is 0 Å². The van der Waals surface area contributed by atoms with Crippen LogP contribution in [0.1, 0.15) is 6.92 Å². The van der Waals surface area contributed by atoms with Crippen LogP contribution < -0.4 is 10.6 Å². The van der Waals surface area contributed by atoms with E-state index < -0.39 is 12.0 Å². The maximum absolute atomic E-state index is 11.3. The minimum Gasteiger partial charge on any atom is -0.480 e. The third-order valence-corrected chi connectivity index (χ3v) is 3.30. The summed E-state index contributed by atoms with van der Waals surface area (Å²) in [5, 5.41) is 11.4. The summed E-state index contributed by atoms with van der Waals surface area (Å²) < 4.78 is 0. The van der Waals surface area contributed by atoms with Gasteiger partial charge in [0.05, 0.1) is 0 Å². The van der Waals surface area contributed by atoms with Gasteiger partial charge < -0.3 is 15.7 Å². The number of carbonyl (C=O) groups is 1. The zero-order valence-corrected chi connectivity index (χ0v) is 10.9. The average molecular weight is 258 g/mol. The van der Waals surface area contributed by atoms with Gasteiger partial charge in [-0.1, -0.05) is 36.4 Å². The van der Waals surface area contributed by atoms with Crippen molar-refractivity contribution in [2.75, 3.05) is 18.0 Å². The monoisotopic (exact) mass is 258 g/mol. The van der Waals surface area contributed by atoms with Crippen molar-refractivity contribution in [1.82, 2.24) is 0 Å². The molecule has 1 unspecified atom stereocenters. The van der Waals surface area contributed by atoms with E-state index in [-0.39, 0.29) is 6.54 Å². The van der Waals surface area contributed by atoms with Crippen molar-refractivity contribution in [3.05, 3.63) is 42.5 Å². The zero-order chi connectivity index (χ0) is 13.8. The van der Waals surface area contributed by atoms with Crippen molar-refractivity contribution in [3.63, 3.8) is 0 Å². The molecule has 0 spiro atoms. The molecule has 0 fully saturated rings. The summed E-state index contributed by atoms with van der Waals surface area (Å²) >= 11 is 0. The van der Waals surface area contributed by atoms with Gasteiger partial charge >= 0.3 is 5.97 Å². The van der Waals surface area contributed by atoms with Crippen molar-refractivity contribution in [1.29, 1.82) is 0 Å². The molecule has 2 rings (SSSR count). The van der Waals surface area contributed by atoms with Crippen LogP contribution in [0.5, 0.6) is 0 Å². The van der Waals surface area contributed by atoms with Crippen LogP contribution in [0.15, 0.2) is 42.5 Å². The predicted molar refractivity (Wildman–Crippen MR) is 77.4 cm³/mol. The number of aliphatic carboxylic acids is 1. The van der Waals surface area contributed by atoms with Crippen LogP contribution >= 0.6 is 0 Å². The van der Waals surface area contributed by atoms with Crippen LogP contribution in [0.25, 0.3) is 10.8 Å². The Morgan fingerprint density at radius 3 is 2.58 bits per heavy atom. The smallest absolute Gasteiger partial charge is 0.327 e. The summed E-state index contributed by atoms with van der Waals surface area (Å²) in [4.78, 5) is 13.2. The third-order valence-electron chi connectivity index (χ3n) is 3.30. The van der Waals surface area contributed by atoms with Gasteiger partial charge in [0.2, 0.25) is 0 Å². The molecule has 0 saturated heterocycles. The molecule has 0 amide bonds. The summed E-state index contributed by atoms with van der Waals surface area (Å²) in [6.45, 7) is 2.63. The molecule has 0 saturated carbocycles. The Labute approximate surface area is 112 Å². The number of hydrogen-bond donors (Lipinski definition) is 2. The number of benzene rings is 2. The molecule has 0 radical (unpaired) electrons. The SMILES string of the molecule is CCN(c1cccc2ccccc12)C(CN)C(=O)O. The van der Waals surface area contributed by atoms with E-state index in [9.17, 15) is 9.90 Å². The van der Waals surface area contributed by atoms with Crippen molar-refractivity contribution in [2.45, 2.75) is 13.0 Å². The first-order valence-corrected chi connectivity index (χ1v) is 6.36. The van der Waals surface area contributed by atoms with Crippen molar-refractivity contribution in [3.8, 4) is 0 Å². The molecule has 0 aliphatic carbocycles. The third kappa shape index (κ3) is 2.53. The van der Waals surface area contributed by atoms with Crippen LogP contribution in [-0.4, -0.2) is 30.2 Å². The van der Waals surface area contributed by atoms with Crippen LogP contribution in [-0.2, 0) is 4.79 Å². The lowest BCUT2D eigenvalue weighted by Crippen LogP contribution is -2.46. The quantitative estimate of drug-likeness (QED) is 0.861. The minimum atomic E-state index is -0.891. The normalized spacial score (nSPS) is 12.3. The lowest BCUT2D eigenvalue weighted by atomic mass is 10.1. The Kier molecular flexibility index (Phi) is 4.02. The van der Waals surface area contributed by atoms with Crippen LogP contribution in [0.4, 0.5) is 5.69 Å². The second kappa shape index (κ2) is 5.71. The number of nitrogens with two attached hydrogens (primary N) is 1. The molecule has 100 valence electrons. The van der Waals surface area contributed by atoms with Gasteiger partial charge in [0.1, 0.15) is 6.04 Å². The van der Waals surface area contributed by atoms with E-state index in [1.165, 1.54) is 0 Å². The first kappa shape index (κ1) is 13.4. The fraction of sp³-hybridized carbons (Fsp3) is 0.267. The standard InChI is InChI=1S/C15H18N2O2/c1-2-17(14(10-16)15(18)19)13-9-5-7-11-6-3-4-8-12(11)13/h3-9,14H,2,10,16H2,1H3,(H,18,19). The molecule has 0 aliphatic heterocycles. The fourth-order valence-electron chi connectivity index (χ4n) is 2.38. The van der Waals surface area contributed by atoms with Gasteiger partial charge in [-0.15, -0.1) is 0 Å². The maximum Gasteiger partial charge on any atom is 0.327 e. The molecule has 4 nitrogen and oxygen atoms in total. The predicted octanol–water partition coefficient (Wildman–Crippen LogP) is 2.08. The number of carboxylic acid groups (broad SMARTS) is 1. The molecule has 0 aromatic heterocycles. The number of hydrogen-bond acceptors (Lipinski definition) is 3. The van der Waals surface area contributed by atoms with E-state index >= 15 is 0 Å². The number of nitrogens with zero attached hydrogens (tertiary/aromatic N) is 1. The lowest BCUT2D eigenvalue weighted by Gasteiger charge is -2.30. The Balaban J connectivity index is 2.54. The highest BCUT2D eigenvalue weighted by Crippen LogP contribution is 2.27. The van der Waals surface area contributed by atoms with E-state index in [2.05, 4.69) is 0 Å². The molecule has 2 aromatic carbocycles. The number of likely N-dealkylation sites (N-methyl/N-ethyl adjacent to an activating group) is 1. The average Bonchev–Trinajstić information content (AvgIpc) is 2.43. The number of anilines is 1. The second-order valence-electron chi connectivity index (χ2n) is 4.37. The van der Waals surface area contributed by atoms with Gasteiger partial charge in [0.15, 0.2) is 0 Å². The van der Waals surface area contributed by atoms with E-state index in [1.54, 1.807) is 0 Å². The van der Waals surface area contributed by atoms with Gasteiger partial charge in [-0.3, -0.25) is 0 Å². The lowest BCUT2D eigenvalue weighted by molar-refractivity contribution is -0.138. The summed E-state index contributed by atoms with van der Waals surface area (Å²) in [5.74, 6) is -0.891. The first-order valence-electron chi connectivity index (χ1n) is 6.36. The molecular formula is C15H18N2O2. The Hall–Kier alpha value is -2.07. The number of rotatable bonds is 5. The summed E-state index contributed by atoms with van der Waals surface area (Å²) in [5.41, 5.74) is 6.52. The van der Waals surface area contributed by atoms with Gasteiger partial charge in [-0.05, 0) is 18.4 Å². The first-order chi connectivity index (χ1) is 9.19. The highest BCUT2D eigenvalue weighted by Gasteiger charge is 2.24. The van der Waals surface area contributed by atoms with Gasteiger partial charge in [0, 0.05) is 24.2 Å². The van der Waals surface area contributed by atoms with E-state index in [0.29, 0.717) is 6.54 Å². The molecule has 2 aromatic rings. The van der Waals surface area contributed by atoms with Crippen molar-refractivity contribution in [2.24, 2.45) is 5.73 Å². The summed E-state index contributed by atoms with van der Waals surface area (Å²) in [7, 11) is 0. The Morgan fingerprint density at radius 2 is 1.95 bits per heavy atom. The van der Waals surface area contributed by atoms with Crippen LogP contribution in [0.3, 0.4) is 0 Å². The molecule has 0 heterocycles. The maximum atomic E-state index is 11.3. The van der Waals surface area contributed by atoms with E-state index in [1.807, 2.05) is 54.3 Å². The number of fused-ring (bicyclic) bond motifs is 1. The summed E-state index contributed by atoms with van der Waals surface area (Å²) in [6.07, 6.45) is 0. The molecule has 3 N–H and O–H groups in total. The van der Waals surface area contributed by atoms with Crippen molar-refractivity contribution >= 4 is 22.4 Å². The molecule has 19 heavy (non-hydrogen) atoms. The molecular weight excluding hydrogens is 240 g/mol. The molecule has 4 heteroatoms. The zero-order valence-electron chi connectivity index (χ0n) is 10.9. The minimum absolute atomic E-state index is 0.0897. The largest absolute Gasteiger partial charge is 0.480 e. The van der Waals surface area contributed by atoms with Gasteiger partial charge in [-0.2, -0.15) is 0 Å². The Morgan fingerprint density at radius 1 is 1.26 bits per heavy atom. The molecule has 1 atom stereocenters. The fourth-order valence-corrected chi connectivity index (χ4v) is 2.38. The highest BCUT2D eigenvalue weighted by atomic mass is 16.4. The van der Waals surface area contributed by atoms with E-state index in [4.69, 9.17) is 5.73 Å². The second-order valence-corrected chi connectivity index (χ2v) is 4.37. The Bertz CT molecular complexity index is 578. The van der Waals surface area contributed by atoms with E-state index in [0.717, 1.165) is 16.5 Å². The number of carboxylic acids is 1. The molecule has 0 bridgehead atoms. The summed E-state index contributed by atoms with van der Waals surface area (Å²) in [6, 6.07) is 13.2. The topological polar surface area (TPSA) is 66.6 Å². The molecule has 0 aliphatic rings. The highest BCUT2D eigenvalue weighted by molar-refractivity contribution is 5.95. The van der Waals surface area contributed by atoms with Crippen molar-refractivity contribution < 1.29 is 9.90 Å². The van der Waals surface area contributed by atoms with Gasteiger partial charge in [-0.25, -0.2) is 4.79 Å². The van der Waals surface area contributed by atoms with Crippen LogP contribution in [0, 0.1) is 0 Å². The van der Waals surface area contributed by atoms with Gasteiger partial charge in [0.25, 0.3) is 0 Å².